The molecule has 0 aliphatic carbocycles. The van der Waals surface area contributed by atoms with Gasteiger partial charge >= 0.3 is 5.97 Å². The first-order valence-corrected chi connectivity index (χ1v) is 8.51. The van der Waals surface area contributed by atoms with Gasteiger partial charge in [0.1, 0.15) is 0 Å². The minimum Gasteiger partial charge on any atom is -0.402 e. The largest absolute Gasteiger partial charge is 0.402 e. The Labute approximate surface area is 150 Å². The summed E-state index contributed by atoms with van der Waals surface area (Å²) in [5, 5.41) is 0. The molecule has 0 radical (unpaired) electrons. The highest BCUT2D eigenvalue weighted by atomic mass is 79.9. The molecule has 0 unspecified atom stereocenters. The van der Waals surface area contributed by atoms with Crippen LogP contribution in [0.15, 0.2) is 63.7 Å². The lowest BCUT2D eigenvalue weighted by molar-refractivity contribution is -0.129. The fourth-order valence-corrected chi connectivity index (χ4v) is 2.82. The molecule has 24 heavy (non-hydrogen) atoms. The topological polar surface area (TPSA) is 38.7 Å². The van der Waals surface area contributed by atoms with E-state index in [1.165, 1.54) is 5.56 Å². The summed E-state index contributed by atoms with van der Waals surface area (Å²) in [6.45, 7) is 6.48. The van der Waals surface area contributed by atoms with Gasteiger partial charge in [-0.15, -0.1) is 0 Å². The molecule has 1 aliphatic heterocycles. The average molecular weight is 384 g/mol. The lowest BCUT2D eigenvalue weighted by Gasteiger charge is -2.18. The Hall–Kier alpha value is -2.20. The van der Waals surface area contributed by atoms with Crippen LogP contribution in [0, 0.1) is 0 Å². The maximum Gasteiger partial charge on any atom is 0.363 e. The Morgan fingerprint density at radius 3 is 2.42 bits per heavy atom. The summed E-state index contributed by atoms with van der Waals surface area (Å²) in [6, 6.07) is 15.6. The van der Waals surface area contributed by atoms with E-state index in [4.69, 9.17) is 4.74 Å². The van der Waals surface area contributed by atoms with Gasteiger partial charge in [0.15, 0.2) is 5.70 Å². The van der Waals surface area contributed by atoms with Crippen molar-refractivity contribution in [3.63, 3.8) is 0 Å². The van der Waals surface area contributed by atoms with Gasteiger partial charge < -0.3 is 4.74 Å². The lowest BCUT2D eigenvalue weighted by atomic mass is 9.87. The molecule has 1 heterocycles. The number of ether oxygens (including phenoxy) is 1. The number of esters is 1. The number of benzene rings is 2. The fraction of sp³-hybridized carbons (Fsp3) is 0.200. The van der Waals surface area contributed by atoms with E-state index in [2.05, 4.69) is 41.7 Å². The average Bonchev–Trinajstić information content (AvgIpc) is 2.88. The minimum atomic E-state index is -0.426. The molecular weight excluding hydrogens is 366 g/mol. The molecule has 3 nitrogen and oxygen atoms in total. The molecule has 1 aliphatic rings. The summed E-state index contributed by atoms with van der Waals surface area (Å²) in [4.78, 5) is 16.4. The normalized spacial score (nSPS) is 16.2. The number of hydrogen-bond donors (Lipinski definition) is 0. The summed E-state index contributed by atoms with van der Waals surface area (Å²) >= 11 is 3.42. The van der Waals surface area contributed by atoms with Crippen LogP contribution in [0.3, 0.4) is 0 Å². The van der Waals surface area contributed by atoms with Crippen LogP contribution in [0.5, 0.6) is 0 Å². The van der Waals surface area contributed by atoms with E-state index in [1.807, 2.05) is 48.5 Å². The van der Waals surface area contributed by atoms with Crippen LogP contribution < -0.4 is 0 Å². The van der Waals surface area contributed by atoms with E-state index < -0.39 is 5.97 Å². The molecule has 0 bridgehead atoms. The predicted molar refractivity (Wildman–Crippen MR) is 99.9 cm³/mol. The zero-order valence-corrected chi connectivity index (χ0v) is 15.4. The van der Waals surface area contributed by atoms with Crippen LogP contribution in [0.25, 0.3) is 6.08 Å². The third-order valence-electron chi connectivity index (χ3n) is 3.77. The summed E-state index contributed by atoms with van der Waals surface area (Å²) in [6.07, 6.45) is 1.73. The van der Waals surface area contributed by atoms with Crippen LogP contribution >= 0.6 is 15.9 Å². The van der Waals surface area contributed by atoms with Crippen LogP contribution in [0.2, 0.25) is 0 Å². The molecule has 0 saturated carbocycles. The van der Waals surface area contributed by atoms with Crippen LogP contribution in [-0.2, 0) is 14.9 Å². The number of carbonyl (C=O) groups excluding carboxylic acids is 1. The second-order valence-corrected chi connectivity index (χ2v) is 7.63. The standard InChI is InChI=1S/C20H18BrNO2/c1-20(2,3)15-9-7-14(8-10-15)18-22-17(19(23)24-18)12-13-5-4-6-16(21)11-13/h4-12H,1-3H3/b17-12-. The van der Waals surface area contributed by atoms with Crippen LogP contribution in [-0.4, -0.2) is 11.9 Å². The Bertz CT molecular complexity index is 843. The number of carbonyl (C=O) groups is 1. The summed E-state index contributed by atoms with van der Waals surface area (Å²) < 4.78 is 6.27. The SMILES string of the molecule is CC(C)(C)c1ccc(C2=N/C(=C\c3cccc(Br)c3)C(=O)O2)cc1. The number of halogens is 1. The van der Waals surface area contributed by atoms with Crippen LogP contribution in [0.4, 0.5) is 0 Å². The molecular formula is C20H18BrNO2. The molecule has 3 rings (SSSR count). The third kappa shape index (κ3) is 3.65. The third-order valence-corrected chi connectivity index (χ3v) is 4.26. The Morgan fingerprint density at radius 2 is 1.79 bits per heavy atom. The van der Waals surface area contributed by atoms with Gasteiger partial charge in [-0.25, -0.2) is 9.79 Å². The van der Waals surface area contributed by atoms with Gasteiger partial charge in [0.05, 0.1) is 0 Å². The molecule has 0 spiro atoms. The van der Waals surface area contributed by atoms with Gasteiger partial charge in [0, 0.05) is 10.0 Å². The van der Waals surface area contributed by atoms with E-state index in [0.29, 0.717) is 11.6 Å². The predicted octanol–water partition coefficient (Wildman–Crippen LogP) is 5.09. The highest BCUT2D eigenvalue weighted by Crippen LogP contribution is 2.24. The molecule has 0 fully saturated rings. The molecule has 0 N–H and O–H groups in total. The monoisotopic (exact) mass is 383 g/mol. The Kier molecular flexibility index (Phi) is 4.41. The van der Waals surface area contributed by atoms with Crippen LogP contribution in [0.1, 0.15) is 37.5 Å². The van der Waals surface area contributed by atoms with E-state index in [-0.39, 0.29) is 5.41 Å². The first-order chi connectivity index (χ1) is 11.3. The maximum atomic E-state index is 12.1. The van der Waals surface area contributed by atoms with Gasteiger partial charge in [0.25, 0.3) is 0 Å². The van der Waals surface area contributed by atoms with Crippen molar-refractivity contribution in [3.05, 3.63) is 75.4 Å². The molecule has 4 heteroatoms. The zero-order valence-electron chi connectivity index (χ0n) is 13.8. The van der Waals surface area contributed by atoms with Crippen molar-refractivity contribution in [2.45, 2.75) is 26.2 Å². The number of cyclic esters (lactones) is 1. The molecule has 0 aromatic heterocycles. The van der Waals surface area contributed by atoms with E-state index in [9.17, 15) is 4.79 Å². The van der Waals surface area contributed by atoms with Crippen molar-refractivity contribution in [3.8, 4) is 0 Å². The van der Waals surface area contributed by atoms with Crippen molar-refractivity contribution in [2.24, 2.45) is 4.99 Å². The molecule has 0 saturated heterocycles. The first-order valence-electron chi connectivity index (χ1n) is 7.72. The number of rotatable bonds is 2. The van der Waals surface area contributed by atoms with Gasteiger partial charge in [0.2, 0.25) is 5.90 Å². The van der Waals surface area contributed by atoms with Gasteiger partial charge in [-0.3, -0.25) is 0 Å². The van der Waals surface area contributed by atoms with Gasteiger partial charge in [-0.1, -0.05) is 61.0 Å². The summed E-state index contributed by atoms with van der Waals surface area (Å²) in [7, 11) is 0. The second-order valence-electron chi connectivity index (χ2n) is 6.72. The number of nitrogens with zero attached hydrogens (tertiary/aromatic N) is 1. The van der Waals surface area contributed by atoms with E-state index >= 15 is 0 Å². The van der Waals surface area contributed by atoms with E-state index in [1.54, 1.807) is 6.08 Å². The van der Waals surface area contributed by atoms with Crippen molar-refractivity contribution >= 4 is 33.9 Å². The molecule has 0 atom stereocenters. The number of aliphatic imine (C=N–C) groups is 1. The zero-order chi connectivity index (χ0) is 17.3. The van der Waals surface area contributed by atoms with Crippen molar-refractivity contribution < 1.29 is 9.53 Å². The van der Waals surface area contributed by atoms with E-state index in [0.717, 1.165) is 15.6 Å². The second kappa shape index (κ2) is 6.36. The molecule has 2 aromatic rings. The van der Waals surface area contributed by atoms with Crippen molar-refractivity contribution in [1.29, 1.82) is 0 Å². The van der Waals surface area contributed by atoms with Crippen molar-refractivity contribution in [1.82, 2.24) is 0 Å². The first kappa shape index (κ1) is 16.7. The summed E-state index contributed by atoms with van der Waals surface area (Å²) in [5.74, 6) is -0.0772. The molecule has 2 aromatic carbocycles. The molecule has 122 valence electrons. The Morgan fingerprint density at radius 1 is 1.08 bits per heavy atom. The highest BCUT2D eigenvalue weighted by Gasteiger charge is 2.24. The number of hydrogen-bond acceptors (Lipinski definition) is 3. The molecule has 0 amide bonds. The van der Waals surface area contributed by atoms with Gasteiger partial charge in [-0.05, 0) is 46.9 Å². The Balaban J connectivity index is 1.89. The minimum absolute atomic E-state index is 0.0818. The highest BCUT2D eigenvalue weighted by molar-refractivity contribution is 9.10. The quantitative estimate of drug-likeness (QED) is 0.534. The van der Waals surface area contributed by atoms with Gasteiger partial charge in [-0.2, -0.15) is 0 Å². The maximum absolute atomic E-state index is 12.1. The smallest absolute Gasteiger partial charge is 0.363 e. The van der Waals surface area contributed by atoms with Crippen molar-refractivity contribution in [2.75, 3.05) is 0 Å². The lowest BCUT2D eigenvalue weighted by Crippen LogP contribution is -2.11. The summed E-state index contributed by atoms with van der Waals surface area (Å²) in [5.41, 5.74) is 3.31. The fourth-order valence-electron chi connectivity index (χ4n) is 2.40.